The lowest BCUT2D eigenvalue weighted by atomic mass is 9.49. The van der Waals surface area contributed by atoms with Gasteiger partial charge in [0.15, 0.2) is 0 Å². The Morgan fingerprint density at radius 2 is 1.11 bits per heavy atom. The minimum atomic E-state index is -0.476. The van der Waals surface area contributed by atoms with Crippen molar-refractivity contribution in [3.8, 4) is 17.2 Å². The molecule has 5 nitrogen and oxygen atoms in total. The second kappa shape index (κ2) is 11.4. The molecular formula is C27H37B2BrFNO4. The van der Waals surface area contributed by atoms with Crippen LogP contribution in [0.4, 0.5) is 4.39 Å². The third kappa shape index (κ3) is 6.59. The molecule has 0 unspecified atom stereocenters. The zero-order chi connectivity index (χ0) is 27.5. The fourth-order valence-corrected chi connectivity index (χ4v) is 3.78. The Kier molecular flexibility index (Phi) is 9.64. The van der Waals surface area contributed by atoms with Crippen molar-refractivity contribution in [3.05, 3.63) is 58.3 Å². The summed E-state index contributed by atoms with van der Waals surface area (Å²) < 4.78 is 38.2. The minimum Gasteiger partial charge on any atom is -0.405 e. The van der Waals surface area contributed by atoms with Gasteiger partial charge in [-0.05, 0) is 85.2 Å². The molecule has 0 radical (unpaired) electrons. The molecule has 36 heavy (non-hydrogen) atoms. The first-order valence-corrected chi connectivity index (χ1v) is 13.0. The maximum absolute atomic E-state index is 13.6. The Morgan fingerprint density at radius 3 is 1.44 bits per heavy atom. The molecule has 4 rings (SSSR count). The van der Waals surface area contributed by atoms with Crippen LogP contribution < -0.4 is 0 Å². The van der Waals surface area contributed by atoms with Gasteiger partial charge in [0.25, 0.3) is 0 Å². The van der Waals surface area contributed by atoms with Crippen molar-refractivity contribution in [3.63, 3.8) is 0 Å². The van der Waals surface area contributed by atoms with E-state index in [0.717, 1.165) is 5.56 Å². The van der Waals surface area contributed by atoms with Crippen LogP contribution in [0, 0.1) is 17.1 Å². The van der Waals surface area contributed by atoms with Crippen LogP contribution in [0.5, 0.6) is 0 Å². The number of hydrogen-bond donors (Lipinski definition) is 0. The predicted molar refractivity (Wildman–Crippen MR) is 148 cm³/mol. The first-order valence-electron chi connectivity index (χ1n) is 12.3. The standard InChI is InChI=1S/C13H7BrFN.C12H24B2O4.C2H6/c14-11-5-6-12(13(15)7-11)10-3-1-9(8-16)2-4-10;1-9(2)10(3,4)16-13(15-9)14-17-11(5,6)12(7,8)18-14;1-2/h1-7H;1-8H3;1-2H3. The molecule has 2 aliphatic rings. The smallest absolute Gasteiger partial charge is 0.405 e. The van der Waals surface area contributed by atoms with Gasteiger partial charge in [0.05, 0.1) is 34.0 Å². The Hall–Kier alpha value is -1.69. The van der Waals surface area contributed by atoms with Gasteiger partial charge >= 0.3 is 14.0 Å². The third-order valence-electron chi connectivity index (χ3n) is 7.02. The zero-order valence-corrected chi connectivity index (χ0v) is 24.6. The Bertz CT molecular complexity index is 1020. The van der Waals surface area contributed by atoms with Crippen LogP contribution in [-0.4, -0.2) is 36.4 Å². The molecule has 2 heterocycles. The molecule has 0 amide bonds. The van der Waals surface area contributed by atoms with E-state index in [-0.39, 0.29) is 28.2 Å². The largest absolute Gasteiger partial charge is 0.488 e. The Morgan fingerprint density at radius 1 is 0.722 bits per heavy atom. The molecule has 194 valence electrons. The molecule has 9 heteroatoms. The number of hydrogen-bond acceptors (Lipinski definition) is 5. The molecule has 0 aliphatic carbocycles. The van der Waals surface area contributed by atoms with Crippen LogP contribution >= 0.6 is 15.9 Å². The van der Waals surface area contributed by atoms with Gasteiger partial charge in [-0.15, -0.1) is 0 Å². The molecule has 2 aromatic rings. The SMILES string of the molecule is CC.CC1(C)OB(B2OC(C)(C)C(C)(C)O2)OC1(C)C.N#Cc1ccc(-c2ccc(Br)cc2F)cc1. The van der Waals surface area contributed by atoms with Crippen molar-refractivity contribution in [2.45, 2.75) is 91.6 Å². The lowest BCUT2D eigenvalue weighted by Crippen LogP contribution is -2.41. The van der Waals surface area contributed by atoms with Crippen LogP contribution in [0.1, 0.15) is 74.8 Å². The predicted octanol–water partition coefficient (Wildman–Crippen LogP) is 7.40. The van der Waals surface area contributed by atoms with Crippen molar-refractivity contribution in [1.82, 2.24) is 0 Å². The highest BCUT2D eigenvalue weighted by atomic mass is 79.9. The molecule has 2 aromatic carbocycles. The van der Waals surface area contributed by atoms with E-state index >= 15 is 0 Å². The topological polar surface area (TPSA) is 60.7 Å². The molecule has 2 saturated heterocycles. The van der Waals surface area contributed by atoms with E-state index in [0.29, 0.717) is 15.6 Å². The van der Waals surface area contributed by atoms with Gasteiger partial charge in [-0.1, -0.05) is 48.0 Å². The van der Waals surface area contributed by atoms with Gasteiger partial charge in [-0.3, -0.25) is 0 Å². The molecular weight excluding hydrogens is 523 g/mol. The number of nitrogens with zero attached hydrogens (tertiary/aromatic N) is 1. The summed E-state index contributed by atoms with van der Waals surface area (Å²) in [7, 11) is -0.952. The maximum atomic E-state index is 13.6. The van der Waals surface area contributed by atoms with Gasteiger partial charge in [0.1, 0.15) is 5.82 Å². The van der Waals surface area contributed by atoms with Crippen molar-refractivity contribution in [2.24, 2.45) is 0 Å². The molecule has 2 aliphatic heterocycles. The zero-order valence-electron chi connectivity index (χ0n) is 23.0. The summed E-state index contributed by atoms with van der Waals surface area (Å²) in [6, 6.07) is 13.8. The van der Waals surface area contributed by atoms with E-state index in [1.54, 1.807) is 36.4 Å². The monoisotopic (exact) mass is 559 g/mol. The van der Waals surface area contributed by atoms with E-state index in [9.17, 15) is 4.39 Å². The maximum Gasteiger partial charge on any atom is 0.488 e. The molecule has 0 N–H and O–H groups in total. The number of nitriles is 1. The van der Waals surface area contributed by atoms with Crippen LogP contribution in [0.3, 0.4) is 0 Å². The van der Waals surface area contributed by atoms with E-state index in [2.05, 4.69) is 15.9 Å². The van der Waals surface area contributed by atoms with Gasteiger partial charge in [0, 0.05) is 10.0 Å². The minimum absolute atomic E-state index is 0.279. The first kappa shape index (κ1) is 30.5. The van der Waals surface area contributed by atoms with Gasteiger partial charge in [-0.2, -0.15) is 5.26 Å². The van der Waals surface area contributed by atoms with Crippen molar-refractivity contribution in [1.29, 1.82) is 5.26 Å². The Labute approximate surface area is 225 Å². The highest BCUT2D eigenvalue weighted by Gasteiger charge is 2.63. The fourth-order valence-electron chi connectivity index (χ4n) is 3.45. The molecule has 0 spiro atoms. The summed E-state index contributed by atoms with van der Waals surface area (Å²) in [6.45, 7) is 20.2. The normalized spacial score (nSPS) is 20.5. The Balaban J connectivity index is 0.000000239. The van der Waals surface area contributed by atoms with E-state index in [1.165, 1.54) is 6.07 Å². The molecule has 0 aromatic heterocycles. The van der Waals surface area contributed by atoms with Gasteiger partial charge in [-0.25, -0.2) is 4.39 Å². The van der Waals surface area contributed by atoms with Gasteiger partial charge < -0.3 is 18.6 Å². The summed E-state index contributed by atoms with van der Waals surface area (Å²) in [4.78, 5) is 0. The molecule has 0 bridgehead atoms. The molecule has 0 saturated carbocycles. The molecule has 2 fully saturated rings. The van der Waals surface area contributed by atoms with Crippen LogP contribution in [0.15, 0.2) is 46.9 Å². The summed E-state index contributed by atoms with van der Waals surface area (Å²) >= 11 is 3.21. The highest BCUT2D eigenvalue weighted by Crippen LogP contribution is 2.42. The summed E-state index contributed by atoms with van der Waals surface area (Å²) in [5, 5.41) is 8.66. The van der Waals surface area contributed by atoms with Crippen molar-refractivity contribution < 1.29 is 23.0 Å². The molecule has 0 atom stereocenters. The summed E-state index contributed by atoms with van der Waals surface area (Å²) in [5.74, 6) is -0.279. The lowest BCUT2D eigenvalue weighted by Gasteiger charge is -2.32. The summed E-state index contributed by atoms with van der Waals surface area (Å²) in [6.07, 6.45) is 0. The number of benzene rings is 2. The average molecular weight is 560 g/mol. The lowest BCUT2D eigenvalue weighted by molar-refractivity contribution is 0.00578. The second-order valence-electron chi connectivity index (χ2n) is 10.6. The first-order chi connectivity index (χ1) is 16.6. The van der Waals surface area contributed by atoms with E-state index < -0.39 is 14.0 Å². The van der Waals surface area contributed by atoms with Crippen LogP contribution in [0.25, 0.3) is 11.1 Å². The summed E-state index contributed by atoms with van der Waals surface area (Å²) in [5.41, 5.74) is 0.434. The highest BCUT2D eigenvalue weighted by molar-refractivity contribution is 9.10. The number of halogens is 2. The van der Waals surface area contributed by atoms with Crippen LogP contribution in [-0.2, 0) is 18.6 Å². The quantitative estimate of drug-likeness (QED) is 0.359. The number of rotatable bonds is 2. The van der Waals surface area contributed by atoms with E-state index in [1.807, 2.05) is 75.3 Å². The van der Waals surface area contributed by atoms with Crippen molar-refractivity contribution in [2.75, 3.05) is 0 Å². The fraction of sp³-hybridized carbons (Fsp3) is 0.519. The third-order valence-corrected chi connectivity index (χ3v) is 7.51. The van der Waals surface area contributed by atoms with E-state index in [4.69, 9.17) is 23.9 Å². The van der Waals surface area contributed by atoms with Crippen molar-refractivity contribution >= 4 is 29.9 Å². The van der Waals surface area contributed by atoms with Crippen LogP contribution in [0.2, 0.25) is 0 Å². The second-order valence-corrected chi connectivity index (χ2v) is 11.5. The average Bonchev–Trinajstić information content (AvgIpc) is 3.15. The van der Waals surface area contributed by atoms with Gasteiger partial charge in [0.2, 0.25) is 0 Å².